The molecule has 0 bridgehead atoms. The lowest BCUT2D eigenvalue weighted by Crippen LogP contribution is -2.52. The van der Waals surface area contributed by atoms with Crippen molar-refractivity contribution in [1.82, 2.24) is 9.80 Å². The molecule has 2 aliphatic heterocycles. The van der Waals surface area contributed by atoms with Gasteiger partial charge < -0.3 is 9.84 Å². The van der Waals surface area contributed by atoms with Gasteiger partial charge in [-0.15, -0.1) is 0 Å². The van der Waals surface area contributed by atoms with Crippen molar-refractivity contribution < 1.29 is 9.84 Å². The number of hydrogen-bond donors (Lipinski definition) is 1. The van der Waals surface area contributed by atoms with Gasteiger partial charge in [0.1, 0.15) is 6.23 Å². The fraction of sp³-hybridized carbons (Fsp3) is 1.00. The lowest BCUT2D eigenvalue weighted by molar-refractivity contribution is -0.0994. The van der Waals surface area contributed by atoms with Crippen LogP contribution in [0.15, 0.2) is 0 Å². The third-order valence-electron chi connectivity index (χ3n) is 3.39. The second-order valence-corrected chi connectivity index (χ2v) is 4.42. The predicted octanol–water partition coefficient (Wildman–Crippen LogP) is 0.123. The topological polar surface area (TPSA) is 35.9 Å². The van der Waals surface area contributed by atoms with Gasteiger partial charge >= 0.3 is 0 Å². The molecule has 0 aromatic heterocycles. The van der Waals surface area contributed by atoms with E-state index in [0.29, 0.717) is 6.23 Å². The minimum absolute atomic E-state index is 0.278. The molecule has 0 saturated carbocycles. The van der Waals surface area contributed by atoms with E-state index in [1.807, 2.05) is 0 Å². The van der Waals surface area contributed by atoms with Crippen LogP contribution in [0.1, 0.15) is 19.3 Å². The molecular weight excluding hydrogens is 192 g/mol. The van der Waals surface area contributed by atoms with Crippen molar-refractivity contribution in [3.63, 3.8) is 0 Å². The average molecular weight is 214 g/mol. The quantitative estimate of drug-likeness (QED) is 0.724. The van der Waals surface area contributed by atoms with Crippen LogP contribution in [0.4, 0.5) is 0 Å². The molecule has 2 fully saturated rings. The van der Waals surface area contributed by atoms with Gasteiger partial charge in [0.15, 0.2) is 0 Å². The fourth-order valence-electron chi connectivity index (χ4n) is 2.43. The minimum atomic E-state index is 0.278. The third-order valence-corrected chi connectivity index (χ3v) is 3.39. The number of rotatable bonds is 3. The van der Waals surface area contributed by atoms with E-state index in [9.17, 15) is 0 Å². The highest BCUT2D eigenvalue weighted by atomic mass is 16.5. The summed E-state index contributed by atoms with van der Waals surface area (Å²) in [6.07, 6.45) is 4.10. The predicted molar refractivity (Wildman–Crippen MR) is 58.7 cm³/mol. The number of aliphatic hydroxyl groups excluding tert-OH is 1. The molecule has 1 N–H and O–H groups in total. The Balaban J connectivity index is 1.72. The highest BCUT2D eigenvalue weighted by Crippen LogP contribution is 2.17. The molecule has 2 aliphatic rings. The van der Waals surface area contributed by atoms with Gasteiger partial charge in [-0.25, -0.2) is 0 Å². The Morgan fingerprint density at radius 3 is 2.53 bits per heavy atom. The summed E-state index contributed by atoms with van der Waals surface area (Å²) in [6, 6.07) is 0. The van der Waals surface area contributed by atoms with Gasteiger partial charge in [0, 0.05) is 39.3 Å². The molecule has 2 saturated heterocycles. The van der Waals surface area contributed by atoms with Crippen LogP contribution in [0.2, 0.25) is 0 Å². The third kappa shape index (κ3) is 3.14. The summed E-state index contributed by atoms with van der Waals surface area (Å²) in [4.78, 5) is 4.77. The number of nitrogens with zero attached hydrogens (tertiary/aromatic N) is 2. The monoisotopic (exact) mass is 214 g/mol. The molecule has 2 heterocycles. The van der Waals surface area contributed by atoms with Gasteiger partial charge in [0.2, 0.25) is 0 Å². The molecule has 0 spiro atoms. The highest BCUT2D eigenvalue weighted by molar-refractivity contribution is 4.75. The summed E-state index contributed by atoms with van der Waals surface area (Å²) in [7, 11) is 0. The normalized spacial score (nSPS) is 30.6. The Labute approximate surface area is 91.8 Å². The summed E-state index contributed by atoms with van der Waals surface area (Å²) in [5, 5.41) is 8.85. The van der Waals surface area contributed by atoms with Crippen LogP contribution in [-0.4, -0.2) is 67.1 Å². The van der Waals surface area contributed by atoms with E-state index in [1.165, 1.54) is 19.3 Å². The smallest absolute Gasteiger partial charge is 0.110 e. The van der Waals surface area contributed by atoms with Crippen LogP contribution in [0.3, 0.4) is 0 Å². The molecular formula is C11H22N2O2. The maximum absolute atomic E-state index is 8.85. The number of piperazine rings is 1. The van der Waals surface area contributed by atoms with Crippen LogP contribution in [0.5, 0.6) is 0 Å². The first-order valence-corrected chi connectivity index (χ1v) is 6.09. The molecule has 4 nitrogen and oxygen atoms in total. The molecule has 4 heteroatoms. The van der Waals surface area contributed by atoms with Crippen molar-refractivity contribution in [2.75, 3.05) is 45.9 Å². The molecule has 88 valence electrons. The van der Waals surface area contributed by atoms with Crippen molar-refractivity contribution in [2.24, 2.45) is 0 Å². The van der Waals surface area contributed by atoms with Crippen LogP contribution >= 0.6 is 0 Å². The Kier molecular flexibility index (Phi) is 4.38. The summed E-state index contributed by atoms with van der Waals surface area (Å²) in [6.45, 7) is 6.34. The van der Waals surface area contributed by atoms with Crippen LogP contribution in [0.25, 0.3) is 0 Å². The second-order valence-electron chi connectivity index (χ2n) is 4.42. The average Bonchev–Trinajstić information content (AvgIpc) is 2.32. The van der Waals surface area contributed by atoms with Crippen LogP contribution in [0, 0.1) is 0 Å². The highest BCUT2D eigenvalue weighted by Gasteiger charge is 2.25. The van der Waals surface area contributed by atoms with Gasteiger partial charge in [-0.05, 0) is 19.3 Å². The molecule has 0 aliphatic carbocycles. The van der Waals surface area contributed by atoms with Gasteiger partial charge in [0.25, 0.3) is 0 Å². The zero-order valence-electron chi connectivity index (χ0n) is 9.40. The standard InChI is InChI=1S/C11H22N2O2/c14-9-8-12-4-6-13(7-5-12)11-3-1-2-10-15-11/h11,14H,1-10H2. The largest absolute Gasteiger partial charge is 0.395 e. The van der Waals surface area contributed by atoms with E-state index in [4.69, 9.17) is 9.84 Å². The molecule has 0 aromatic carbocycles. The Hall–Kier alpha value is -0.160. The first-order chi connectivity index (χ1) is 7.40. The molecule has 1 atom stereocenters. The van der Waals surface area contributed by atoms with Gasteiger partial charge in [-0.2, -0.15) is 0 Å². The zero-order valence-corrected chi connectivity index (χ0v) is 9.40. The summed E-state index contributed by atoms with van der Waals surface area (Å²) in [5.74, 6) is 0. The van der Waals surface area contributed by atoms with Gasteiger partial charge in [0.05, 0.1) is 6.61 Å². The van der Waals surface area contributed by atoms with Crippen molar-refractivity contribution in [3.8, 4) is 0 Å². The molecule has 0 amide bonds. The summed E-state index contributed by atoms with van der Waals surface area (Å²) in [5.41, 5.74) is 0. The van der Waals surface area contributed by atoms with Crippen LogP contribution in [-0.2, 0) is 4.74 Å². The number of aliphatic hydroxyl groups is 1. The number of ether oxygens (including phenoxy) is 1. The molecule has 0 aromatic rings. The first kappa shape index (κ1) is 11.3. The minimum Gasteiger partial charge on any atom is -0.395 e. The lowest BCUT2D eigenvalue weighted by Gasteiger charge is -2.40. The SMILES string of the molecule is OCCN1CCN(C2CCCCO2)CC1. The van der Waals surface area contributed by atoms with Crippen molar-refractivity contribution in [3.05, 3.63) is 0 Å². The van der Waals surface area contributed by atoms with E-state index in [0.717, 1.165) is 39.3 Å². The van der Waals surface area contributed by atoms with E-state index >= 15 is 0 Å². The van der Waals surface area contributed by atoms with Crippen molar-refractivity contribution in [1.29, 1.82) is 0 Å². The van der Waals surface area contributed by atoms with E-state index < -0.39 is 0 Å². The van der Waals surface area contributed by atoms with Crippen LogP contribution < -0.4 is 0 Å². The molecule has 0 radical (unpaired) electrons. The summed E-state index contributed by atoms with van der Waals surface area (Å²) < 4.78 is 5.77. The molecule has 15 heavy (non-hydrogen) atoms. The van der Waals surface area contributed by atoms with Gasteiger partial charge in [-0.3, -0.25) is 9.80 Å². The van der Waals surface area contributed by atoms with E-state index in [2.05, 4.69) is 9.80 Å². The Morgan fingerprint density at radius 1 is 1.13 bits per heavy atom. The van der Waals surface area contributed by atoms with Crippen molar-refractivity contribution in [2.45, 2.75) is 25.5 Å². The van der Waals surface area contributed by atoms with Crippen molar-refractivity contribution >= 4 is 0 Å². The van der Waals surface area contributed by atoms with E-state index in [1.54, 1.807) is 0 Å². The first-order valence-electron chi connectivity index (χ1n) is 6.09. The Bertz CT molecular complexity index is 175. The van der Waals surface area contributed by atoms with Gasteiger partial charge in [-0.1, -0.05) is 0 Å². The zero-order chi connectivity index (χ0) is 10.5. The number of β-amino-alcohol motifs (C(OH)–C–C–N with tert-alkyl or cyclic N) is 1. The maximum Gasteiger partial charge on any atom is 0.110 e. The molecule has 1 unspecified atom stereocenters. The number of hydrogen-bond acceptors (Lipinski definition) is 4. The second kappa shape index (κ2) is 5.80. The molecule has 2 rings (SSSR count). The fourth-order valence-corrected chi connectivity index (χ4v) is 2.43. The summed E-state index contributed by atoms with van der Waals surface area (Å²) >= 11 is 0. The van der Waals surface area contributed by atoms with E-state index in [-0.39, 0.29) is 6.61 Å². The maximum atomic E-state index is 8.85. The Morgan fingerprint density at radius 2 is 1.93 bits per heavy atom. The lowest BCUT2D eigenvalue weighted by atomic mass is 10.1.